The molecule has 1 heteroatoms. The molecule has 1 nitrogen and oxygen atoms in total. The molecule has 0 heterocycles. The van der Waals surface area contributed by atoms with Crippen LogP contribution >= 0.6 is 0 Å². The summed E-state index contributed by atoms with van der Waals surface area (Å²) in [6.45, 7) is 0. The molecule has 1 fully saturated rings. The average molecular weight is 150 g/mol. The van der Waals surface area contributed by atoms with Crippen molar-refractivity contribution in [2.45, 2.75) is 32.1 Å². The number of aldehydes is 1. The van der Waals surface area contributed by atoms with Crippen molar-refractivity contribution < 1.29 is 4.79 Å². The van der Waals surface area contributed by atoms with Gasteiger partial charge in [-0.05, 0) is 37.5 Å². The molecule has 3 aliphatic carbocycles. The molecule has 2 bridgehead atoms. The second kappa shape index (κ2) is 2.80. The lowest BCUT2D eigenvalue weighted by molar-refractivity contribution is -0.107. The van der Waals surface area contributed by atoms with E-state index in [1.807, 2.05) is 0 Å². The minimum Gasteiger partial charge on any atom is -0.303 e. The minimum atomic E-state index is 0.729. The number of hydrogen-bond donors (Lipinski definition) is 0. The Balaban J connectivity index is 1.91. The van der Waals surface area contributed by atoms with Crippen molar-refractivity contribution in [2.75, 3.05) is 0 Å². The van der Waals surface area contributed by atoms with E-state index in [1.165, 1.54) is 19.3 Å². The SMILES string of the molecule is O=CCCC1=CCC2CC1C2. The van der Waals surface area contributed by atoms with Crippen molar-refractivity contribution in [2.24, 2.45) is 11.8 Å². The number of rotatable bonds is 3. The molecule has 0 spiro atoms. The Morgan fingerprint density at radius 2 is 2.36 bits per heavy atom. The van der Waals surface area contributed by atoms with E-state index in [-0.39, 0.29) is 0 Å². The fraction of sp³-hybridized carbons (Fsp3) is 0.700. The highest BCUT2D eigenvalue weighted by Crippen LogP contribution is 2.46. The molecule has 0 atom stereocenters. The zero-order chi connectivity index (χ0) is 7.68. The van der Waals surface area contributed by atoms with E-state index < -0.39 is 0 Å². The first kappa shape index (κ1) is 7.08. The largest absolute Gasteiger partial charge is 0.303 e. The van der Waals surface area contributed by atoms with Gasteiger partial charge in [0.05, 0.1) is 0 Å². The molecule has 60 valence electrons. The van der Waals surface area contributed by atoms with Gasteiger partial charge in [0.25, 0.3) is 0 Å². The van der Waals surface area contributed by atoms with Crippen molar-refractivity contribution in [1.29, 1.82) is 0 Å². The van der Waals surface area contributed by atoms with Gasteiger partial charge in [0, 0.05) is 6.42 Å². The highest BCUT2D eigenvalue weighted by molar-refractivity contribution is 5.50. The summed E-state index contributed by atoms with van der Waals surface area (Å²) in [5.74, 6) is 1.87. The maximum absolute atomic E-state index is 10.1. The van der Waals surface area contributed by atoms with Crippen LogP contribution in [-0.2, 0) is 4.79 Å². The fourth-order valence-corrected chi connectivity index (χ4v) is 2.25. The van der Waals surface area contributed by atoms with Crippen LogP contribution in [0.15, 0.2) is 11.6 Å². The standard InChI is InChI=1S/C10H14O/c11-5-1-2-9-4-3-8-6-10(9)7-8/h4-5,8,10H,1-3,6-7H2. The van der Waals surface area contributed by atoms with Gasteiger partial charge in [-0.15, -0.1) is 0 Å². The lowest BCUT2D eigenvalue weighted by Crippen LogP contribution is -2.28. The lowest BCUT2D eigenvalue weighted by Gasteiger charge is -2.41. The topological polar surface area (TPSA) is 17.1 Å². The number of carbonyl (C=O) groups excluding carboxylic acids is 1. The Morgan fingerprint density at radius 1 is 1.55 bits per heavy atom. The van der Waals surface area contributed by atoms with Gasteiger partial charge in [-0.2, -0.15) is 0 Å². The van der Waals surface area contributed by atoms with Crippen molar-refractivity contribution in [3.8, 4) is 0 Å². The van der Waals surface area contributed by atoms with Crippen molar-refractivity contribution in [3.63, 3.8) is 0 Å². The van der Waals surface area contributed by atoms with Gasteiger partial charge in [0.15, 0.2) is 0 Å². The summed E-state index contributed by atoms with van der Waals surface area (Å²) in [4.78, 5) is 10.1. The maximum Gasteiger partial charge on any atom is 0.120 e. The van der Waals surface area contributed by atoms with Crippen LogP contribution in [0.3, 0.4) is 0 Å². The predicted molar refractivity (Wildman–Crippen MR) is 44.2 cm³/mol. The molecule has 0 radical (unpaired) electrons. The molecule has 0 aromatic rings. The zero-order valence-electron chi connectivity index (χ0n) is 6.75. The van der Waals surface area contributed by atoms with Crippen molar-refractivity contribution in [3.05, 3.63) is 11.6 Å². The highest BCUT2D eigenvalue weighted by Gasteiger charge is 2.33. The van der Waals surface area contributed by atoms with E-state index in [0.29, 0.717) is 0 Å². The van der Waals surface area contributed by atoms with Gasteiger partial charge in [0.2, 0.25) is 0 Å². The normalized spacial score (nSPS) is 34.0. The van der Waals surface area contributed by atoms with Gasteiger partial charge in [-0.1, -0.05) is 11.6 Å². The second-order valence-corrected chi connectivity index (χ2v) is 3.75. The predicted octanol–water partition coefficient (Wildman–Crippen LogP) is 2.32. The van der Waals surface area contributed by atoms with E-state index >= 15 is 0 Å². The molecule has 0 aromatic heterocycles. The van der Waals surface area contributed by atoms with Crippen LogP contribution in [0.1, 0.15) is 32.1 Å². The Kier molecular flexibility index (Phi) is 1.80. The van der Waals surface area contributed by atoms with Crippen LogP contribution < -0.4 is 0 Å². The Bertz CT molecular complexity index is 187. The molecule has 3 rings (SSSR count). The zero-order valence-corrected chi connectivity index (χ0v) is 6.75. The van der Waals surface area contributed by atoms with Crippen LogP contribution in [0.2, 0.25) is 0 Å². The van der Waals surface area contributed by atoms with Gasteiger partial charge >= 0.3 is 0 Å². The quantitative estimate of drug-likeness (QED) is 0.445. The molecule has 3 aliphatic rings. The van der Waals surface area contributed by atoms with E-state index in [2.05, 4.69) is 6.08 Å². The van der Waals surface area contributed by atoms with E-state index in [1.54, 1.807) is 5.57 Å². The summed E-state index contributed by atoms with van der Waals surface area (Å²) in [6, 6.07) is 0. The van der Waals surface area contributed by atoms with E-state index in [4.69, 9.17) is 0 Å². The number of fused-ring (bicyclic) bond motifs is 1. The van der Waals surface area contributed by atoms with Gasteiger partial charge < -0.3 is 4.79 Å². The molecule has 0 aromatic carbocycles. The first-order valence-electron chi connectivity index (χ1n) is 4.52. The van der Waals surface area contributed by atoms with Crippen LogP contribution in [0, 0.1) is 11.8 Å². The summed E-state index contributed by atoms with van der Waals surface area (Å²) in [5, 5.41) is 0. The smallest absolute Gasteiger partial charge is 0.120 e. The number of carbonyl (C=O) groups is 1. The third-order valence-corrected chi connectivity index (χ3v) is 3.02. The lowest BCUT2D eigenvalue weighted by atomic mass is 9.64. The van der Waals surface area contributed by atoms with Gasteiger partial charge in [-0.3, -0.25) is 0 Å². The van der Waals surface area contributed by atoms with Crippen LogP contribution in [0.25, 0.3) is 0 Å². The molecule has 0 aliphatic heterocycles. The summed E-state index contributed by atoms with van der Waals surface area (Å²) >= 11 is 0. The van der Waals surface area contributed by atoms with Crippen molar-refractivity contribution >= 4 is 6.29 Å². The molecule has 0 saturated heterocycles. The van der Waals surface area contributed by atoms with Gasteiger partial charge in [0.1, 0.15) is 6.29 Å². The van der Waals surface area contributed by atoms with Crippen molar-refractivity contribution in [1.82, 2.24) is 0 Å². The molecular weight excluding hydrogens is 136 g/mol. The monoisotopic (exact) mass is 150 g/mol. The van der Waals surface area contributed by atoms with Crippen LogP contribution in [0.4, 0.5) is 0 Å². The second-order valence-electron chi connectivity index (χ2n) is 3.75. The molecule has 11 heavy (non-hydrogen) atoms. The summed E-state index contributed by atoms with van der Waals surface area (Å²) in [5.41, 5.74) is 1.57. The van der Waals surface area contributed by atoms with E-state index in [9.17, 15) is 4.79 Å². The highest BCUT2D eigenvalue weighted by atomic mass is 16.1. The summed E-state index contributed by atoms with van der Waals surface area (Å²) in [7, 11) is 0. The third-order valence-electron chi connectivity index (χ3n) is 3.02. The summed E-state index contributed by atoms with van der Waals surface area (Å²) in [6.07, 6.45) is 9.26. The third kappa shape index (κ3) is 1.24. The Hall–Kier alpha value is -0.590. The molecule has 0 unspecified atom stereocenters. The first-order chi connectivity index (χ1) is 5.40. The Labute approximate surface area is 67.5 Å². The first-order valence-corrected chi connectivity index (χ1v) is 4.52. The molecule has 0 amide bonds. The average Bonchev–Trinajstić information content (AvgIpc) is 2.00. The van der Waals surface area contributed by atoms with Crippen LogP contribution in [0.5, 0.6) is 0 Å². The van der Waals surface area contributed by atoms with E-state index in [0.717, 1.165) is 31.0 Å². The molecule has 0 N–H and O–H groups in total. The maximum atomic E-state index is 10.1. The fourth-order valence-electron chi connectivity index (χ4n) is 2.25. The Morgan fingerprint density at radius 3 is 2.91 bits per heavy atom. The molecular formula is C10H14O. The number of hydrogen-bond acceptors (Lipinski definition) is 1. The van der Waals surface area contributed by atoms with Gasteiger partial charge in [-0.25, -0.2) is 0 Å². The van der Waals surface area contributed by atoms with Crippen LogP contribution in [-0.4, -0.2) is 6.29 Å². The number of allylic oxidation sites excluding steroid dienone is 2. The molecule has 1 saturated carbocycles. The minimum absolute atomic E-state index is 0.729. The summed E-state index contributed by atoms with van der Waals surface area (Å²) < 4.78 is 0.